The van der Waals surface area contributed by atoms with Crippen molar-refractivity contribution in [2.75, 3.05) is 7.11 Å². The quantitative estimate of drug-likeness (QED) is 0.848. The number of carbonyl (C=O) groups is 1. The number of hydrogen-bond acceptors (Lipinski definition) is 3. The van der Waals surface area contributed by atoms with Gasteiger partial charge in [0.15, 0.2) is 0 Å². The summed E-state index contributed by atoms with van der Waals surface area (Å²) in [7, 11) is 1.31. The van der Waals surface area contributed by atoms with Crippen LogP contribution in [0.25, 0.3) is 0 Å². The Morgan fingerprint density at radius 1 is 1.16 bits per heavy atom. The average molecular weight is 257 g/mol. The van der Waals surface area contributed by atoms with Gasteiger partial charge in [-0.25, -0.2) is 0 Å². The summed E-state index contributed by atoms with van der Waals surface area (Å²) in [6.45, 7) is 0. The Morgan fingerprint density at radius 3 is 2.53 bits per heavy atom. The largest absolute Gasteiger partial charge is 0.469 e. The minimum Gasteiger partial charge on any atom is -0.469 e. The van der Waals surface area contributed by atoms with E-state index in [4.69, 9.17) is 0 Å². The maximum atomic E-state index is 11.8. The third kappa shape index (κ3) is 3.55. The SMILES string of the molecule is COC(=O)Cc1ccc(Cc2ccccc2)[nH]c1=O. The number of aromatic amines is 1. The van der Waals surface area contributed by atoms with Gasteiger partial charge in [0, 0.05) is 17.7 Å². The molecule has 0 radical (unpaired) electrons. The van der Waals surface area contributed by atoms with E-state index in [0.29, 0.717) is 12.0 Å². The number of H-pyrrole nitrogens is 1. The number of benzene rings is 1. The van der Waals surface area contributed by atoms with Gasteiger partial charge in [0.05, 0.1) is 13.5 Å². The molecule has 0 spiro atoms. The maximum Gasteiger partial charge on any atom is 0.310 e. The Bertz CT molecular complexity index is 617. The summed E-state index contributed by atoms with van der Waals surface area (Å²) in [5, 5.41) is 0. The van der Waals surface area contributed by atoms with Crippen LogP contribution in [0.15, 0.2) is 47.3 Å². The van der Waals surface area contributed by atoms with Gasteiger partial charge in [-0.15, -0.1) is 0 Å². The Kier molecular flexibility index (Phi) is 4.13. The molecule has 98 valence electrons. The second-order valence-electron chi connectivity index (χ2n) is 4.25. The van der Waals surface area contributed by atoms with Crippen LogP contribution in [0, 0.1) is 0 Å². The van der Waals surface area contributed by atoms with Crippen molar-refractivity contribution in [3.8, 4) is 0 Å². The van der Waals surface area contributed by atoms with Gasteiger partial charge in [0.2, 0.25) is 0 Å². The first-order valence-electron chi connectivity index (χ1n) is 6.01. The lowest BCUT2D eigenvalue weighted by Crippen LogP contribution is -2.18. The van der Waals surface area contributed by atoms with Gasteiger partial charge in [0.25, 0.3) is 5.56 Å². The molecule has 1 N–H and O–H groups in total. The lowest BCUT2D eigenvalue weighted by molar-refractivity contribution is -0.139. The van der Waals surface area contributed by atoms with Gasteiger partial charge in [-0.1, -0.05) is 36.4 Å². The second kappa shape index (κ2) is 6.00. The van der Waals surface area contributed by atoms with Gasteiger partial charge in [-0.05, 0) is 11.6 Å². The summed E-state index contributed by atoms with van der Waals surface area (Å²) in [5.74, 6) is -0.415. The number of methoxy groups -OCH3 is 1. The fraction of sp³-hybridized carbons (Fsp3) is 0.200. The molecule has 0 saturated carbocycles. The van der Waals surface area contributed by atoms with Gasteiger partial charge < -0.3 is 9.72 Å². The van der Waals surface area contributed by atoms with Crippen molar-refractivity contribution in [3.05, 3.63) is 69.6 Å². The Labute approximate surface area is 111 Å². The van der Waals surface area contributed by atoms with Gasteiger partial charge in [0.1, 0.15) is 0 Å². The molecule has 0 saturated heterocycles. The van der Waals surface area contributed by atoms with Gasteiger partial charge in [-0.2, -0.15) is 0 Å². The smallest absolute Gasteiger partial charge is 0.310 e. The summed E-state index contributed by atoms with van der Waals surface area (Å²) >= 11 is 0. The molecule has 0 aliphatic rings. The molecule has 0 atom stereocenters. The van der Waals surface area contributed by atoms with Crippen LogP contribution in [0.3, 0.4) is 0 Å². The van der Waals surface area contributed by atoms with E-state index in [1.807, 2.05) is 36.4 Å². The predicted molar refractivity (Wildman–Crippen MR) is 72.0 cm³/mol. The topological polar surface area (TPSA) is 59.2 Å². The molecule has 0 amide bonds. The first-order chi connectivity index (χ1) is 9.19. The number of ether oxygens (including phenoxy) is 1. The zero-order chi connectivity index (χ0) is 13.7. The van der Waals surface area contributed by atoms with Crippen LogP contribution < -0.4 is 5.56 Å². The van der Waals surface area contributed by atoms with Crippen molar-refractivity contribution >= 4 is 5.97 Å². The molecule has 0 fully saturated rings. The number of nitrogens with one attached hydrogen (secondary N) is 1. The van der Waals surface area contributed by atoms with E-state index in [9.17, 15) is 9.59 Å². The molecule has 1 aromatic carbocycles. The minimum absolute atomic E-state index is 0.00253. The van der Waals surface area contributed by atoms with Crippen molar-refractivity contribution in [2.24, 2.45) is 0 Å². The van der Waals surface area contributed by atoms with Gasteiger partial charge in [-0.3, -0.25) is 9.59 Å². The van der Waals surface area contributed by atoms with Crippen molar-refractivity contribution in [3.63, 3.8) is 0 Å². The predicted octanol–water partition coefficient (Wildman–Crippen LogP) is 1.68. The monoisotopic (exact) mass is 257 g/mol. The summed E-state index contributed by atoms with van der Waals surface area (Å²) in [5.41, 5.74) is 2.13. The first kappa shape index (κ1) is 13.1. The summed E-state index contributed by atoms with van der Waals surface area (Å²) in [4.78, 5) is 25.7. The number of pyridine rings is 1. The lowest BCUT2D eigenvalue weighted by Gasteiger charge is -2.04. The van der Waals surface area contributed by atoms with Crippen molar-refractivity contribution in [2.45, 2.75) is 12.8 Å². The highest BCUT2D eigenvalue weighted by atomic mass is 16.5. The second-order valence-corrected chi connectivity index (χ2v) is 4.25. The highest BCUT2D eigenvalue weighted by Gasteiger charge is 2.07. The van der Waals surface area contributed by atoms with E-state index in [1.54, 1.807) is 6.07 Å². The van der Waals surface area contributed by atoms with E-state index >= 15 is 0 Å². The Hall–Kier alpha value is -2.36. The standard InChI is InChI=1S/C15H15NO3/c1-19-14(17)10-12-7-8-13(16-15(12)18)9-11-5-3-2-4-6-11/h2-8H,9-10H2,1H3,(H,16,18). The van der Waals surface area contributed by atoms with E-state index in [0.717, 1.165) is 11.3 Å². The summed E-state index contributed by atoms with van der Waals surface area (Å²) < 4.78 is 4.54. The van der Waals surface area contributed by atoms with Crippen molar-refractivity contribution in [1.29, 1.82) is 0 Å². The zero-order valence-corrected chi connectivity index (χ0v) is 10.7. The molecule has 2 aromatic rings. The molecule has 0 unspecified atom stereocenters. The third-order valence-electron chi connectivity index (χ3n) is 2.85. The van der Waals surface area contributed by atoms with Crippen LogP contribution in [-0.4, -0.2) is 18.1 Å². The lowest BCUT2D eigenvalue weighted by atomic mass is 10.1. The Balaban J connectivity index is 2.15. The molecule has 1 heterocycles. The molecule has 0 aliphatic heterocycles. The number of carbonyl (C=O) groups excluding carboxylic acids is 1. The molecular weight excluding hydrogens is 242 g/mol. The molecule has 0 bridgehead atoms. The third-order valence-corrected chi connectivity index (χ3v) is 2.85. The highest BCUT2D eigenvalue weighted by Crippen LogP contribution is 2.06. The molecule has 19 heavy (non-hydrogen) atoms. The van der Waals surface area contributed by atoms with Gasteiger partial charge >= 0.3 is 5.97 Å². The van der Waals surface area contributed by atoms with Crippen LogP contribution >= 0.6 is 0 Å². The molecule has 2 rings (SSSR count). The molecule has 4 nitrogen and oxygen atoms in total. The fourth-order valence-corrected chi connectivity index (χ4v) is 1.83. The first-order valence-corrected chi connectivity index (χ1v) is 6.01. The fourth-order valence-electron chi connectivity index (χ4n) is 1.83. The Morgan fingerprint density at radius 2 is 1.89 bits per heavy atom. The molecule has 4 heteroatoms. The van der Waals surface area contributed by atoms with Crippen molar-refractivity contribution < 1.29 is 9.53 Å². The normalized spacial score (nSPS) is 10.2. The molecule has 1 aromatic heterocycles. The van der Waals surface area contributed by atoms with E-state index in [-0.39, 0.29) is 12.0 Å². The van der Waals surface area contributed by atoms with Crippen LogP contribution in [0.1, 0.15) is 16.8 Å². The molecule has 0 aliphatic carbocycles. The number of rotatable bonds is 4. The average Bonchev–Trinajstić information content (AvgIpc) is 2.43. The van der Waals surface area contributed by atoms with Crippen LogP contribution in [-0.2, 0) is 22.4 Å². The summed E-state index contributed by atoms with van der Waals surface area (Å²) in [6.07, 6.45) is 0.659. The number of hydrogen-bond donors (Lipinski definition) is 1. The highest BCUT2D eigenvalue weighted by molar-refractivity contribution is 5.72. The van der Waals surface area contributed by atoms with Crippen LogP contribution in [0.2, 0.25) is 0 Å². The van der Waals surface area contributed by atoms with E-state index < -0.39 is 5.97 Å². The molecular formula is C15H15NO3. The van der Waals surface area contributed by atoms with E-state index in [1.165, 1.54) is 7.11 Å². The zero-order valence-electron chi connectivity index (χ0n) is 10.7. The van der Waals surface area contributed by atoms with E-state index in [2.05, 4.69) is 9.72 Å². The number of aromatic nitrogens is 1. The van der Waals surface area contributed by atoms with Crippen LogP contribution in [0.4, 0.5) is 0 Å². The van der Waals surface area contributed by atoms with Crippen LogP contribution in [0.5, 0.6) is 0 Å². The summed E-state index contributed by atoms with van der Waals surface area (Å²) in [6, 6.07) is 13.4. The number of esters is 1. The maximum absolute atomic E-state index is 11.8. The van der Waals surface area contributed by atoms with Crippen molar-refractivity contribution in [1.82, 2.24) is 4.98 Å². The minimum atomic E-state index is -0.415.